The minimum Gasteiger partial charge on any atom is -0.497 e. The number of ketones is 1. The van der Waals surface area contributed by atoms with Gasteiger partial charge in [-0.05, 0) is 28.8 Å². The van der Waals surface area contributed by atoms with Crippen molar-refractivity contribution in [1.29, 1.82) is 0 Å². The highest BCUT2D eigenvalue weighted by molar-refractivity contribution is 6.36. The van der Waals surface area contributed by atoms with Crippen molar-refractivity contribution in [3.05, 3.63) is 87.8 Å². The summed E-state index contributed by atoms with van der Waals surface area (Å²) in [6, 6.07) is 11.1. The molecule has 0 radical (unpaired) electrons. The number of ether oxygens (including phenoxy) is 2. The van der Waals surface area contributed by atoms with Gasteiger partial charge < -0.3 is 35.1 Å². The van der Waals surface area contributed by atoms with E-state index in [1.54, 1.807) is 30.3 Å². The average molecular weight is 529 g/mol. The first-order valence-corrected chi connectivity index (χ1v) is 11.8. The first-order valence-electron chi connectivity index (χ1n) is 11.4. The number of aromatic nitrogens is 1. The highest BCUT2D eigenvalue weighted by Crippen LogP contribution is 2.35. The Morgan fingerprint density at radius 1 is 1.05 bits per heavy atom. The molecule has 4 rings (SSSR count). The molecule has 0 aliphatic heterocycles. The topological polar surface area (TPSA) is 124 Å². The highest BCUT2D eigenvalue weighted by Gasteiger charge is 2.28. The summed E-state index contributed by atoms with van der Waals surface area (Å²) in [6.07, 6.45) is 1.53. The number of carbonyl (C=O) groups excluding carboxylic acids is 1. The monoisotopic (exact) mass is 528 g/mol. The Morgan fingerprint density at radius 2 is 1.81 bits per heavy atom. The van der Waals surface area contributed by atoms with Gasteiger partial charge in [-0.2, -0.15) is 0 Å². The van der Waals surface area contributed by atoms with Crippen LogP contribution in [0.1, 0.15) is 33.1 Å². The van der Waals surface area contributed by atoms with Gasteiger partial charge in [0.05, 0.1) is 37.5 Å². The number of Topliss-reactive ketones (excluding diaryl/α,β-unsaturated/α-hetero) is 1. The quantitative estimate of drug-likeness (QED) is 0.183. The summed E-state index contributed by atoms with van der Waals surface area (Å²) >= 11 is 6.41. The molecule has 0 saturated carbocycles. The van der Waals surface area contributed by atoms with Gasteiger partial charge in [0.15, 0.2) is 5.78 Å². The lowest BCUT2D eigenvalue weighted by Gasteiger charge is -2.22. The van der Waals surface area contributed by atoms with E-state index in [1.807, 2.05) is 0 Å². The molecule has 1 unspecified atom stereocenters. The van der Waals surface area contributed by atoms with Gasteiger partial charge in [-0.1, -0.05) is 29.8 Å². The Kier molecular flexibility index (Phi) is 8.30. The fraction of sp³-hybridized carbons (Fsp3) is 0.222. The van der Waals surface area contributed by atoms with Gasteiger partial charge in [0.1, 0.15) is 30.0 Å². The van der Waals surface area contributed by atoms with Crippen molar-refractivity contribution in [3.63, 3.8) is 0 Å². The van der Waals surface area contributed by atoms with Crippen LogP contribution in [-0.2, 0) is 13.2 Å². The third-order valence-corrected chi connectivity index (χ3v) is 6.38. The Bertz CT molecular complexity index is 1420. The largest absolute Gasteiger partial charge is 0.497 e. The van der Waals surface area contributed by atoms with Crippen LogP contribution >= 0.6 is 11.6 Å². The molecule has 5 N–H and O–H groups in total. The van der Waals surface area contributed by atoms with Gasteiger partial charge in [0.25, 0.3) is 0 Å². The van der Waals surface area contributed by atoms with E-state index < -0.39 is 18.5 Å². The maximum Gasteiger partial charge on any atom is 0.191 e. The number of aliphatic hydroxyl groups excluding tert-OH is 3. The highest BCUT2D eigenvalue weighted by atomic mass is 35.5. The Balaban J connectivity index is 1.82. The number of hydrogen-bond donors (Lipinski definition) is 5. The standard InChI is InChI=1S/C27H26ClFN2O6/c1-36-19-9-18(10-20(11-19)37-7-6-32)31-26(21-5-3-17(29)8-16(21)14-34)27(35)23-12-30-25-22(23)4-2-15(13-33)24(25)28/h2-5,8-12,26,30-34H,6-7,13-14H2,1H3. The van der Waals surface area contributed by atoms with Crippen molar-refractivity contribution >= 4 is 34.0 Å². The van der Waals surface area contributed by atoms with E-state index in [0.717, 1.165) is 0 Å². The molecule has 8 nitrogen and oxygen atoms in total. The van der Waals surface area contributed by atoms with E-state index >= 15 is 0 Å². The van der Waals surface area contributed by atoms with Gasteiger partial charge >= 0.3 is 0 Å². The fourth-order valence-electron chi connectivity index (χ4n) is 4.15. The zero-order valence-electron chi connectivity index (χ0n) is 19.9. The fourth-order valence-corrected chi connectivity index (χ4v) is 4.43. The first-order chi connectivity index (χ1) is 17.9. The number of anilines is 1. The van der Waals surface area contributed by atoms with Crippen LogP contribution in [0.15, 0.2) is 54.7 Å². The summed E-state index contributed by atoms with van der Waals surface area (Å²) in [7, 11) is 1.48. The maximum absolute atomic E-state index is 14.0. The predicted octanol–water partition coefficient (Wildman–Crippen LogP) is 4.36. The van der Waals surface area contributed by atoms with Gasteiger partial charge in [-0.25, -0.2) is 4.39 Å². The van der Waals surface area contributed by atoms with E-state index in [-0.39, 0.29) is 31.2 Å². The zero-order valence-corrected chi connectivity index (χ0v) is 20.7. The summed E-state index contributed by atoms with van der Waals surface area (Å²) in [4.78, 5) is 17.0. The van der Waals surface area contributed by atoms with Crippen molar-refractivity contribution in [2.45, 2.75) is 19.3 Å². The smallest absolute Gasteiger partial charge is 0.191 e. The number of benzene rings is 3. The van der Waals surface area contributed by atoms with E-state index in [0.29, 0.717) is 49.8 Å². The normalized spacial score (nSPS) is 11.9. The van der Waals surface area contributed by atoms with Crippen LogP contribution in [0.25, 0.3) is 10.9 Å². The molecular weight excluding hydrogens is 503 g/mol. The minimum absolute atomic E-state index is 0.0630. The lowest BCUT2D eigenvalue weighted by Crippen LogP contribution is -2.23. The number of hydrogen-bond acceptors (Lipinski definition) is 7. The van der Waals surface area contributed by atoms with Crippen LogP contribution in [-0.4, -0.2) is 46.4 Å². The molecule has 0 aliphatic carbocycles. The molecule has 4 aromatic rings. The maximum atomic E-state index is 14.0. The second-order valence-electron chi connectivity index (χ2n) is 8.23. The van der Waals surface area contributed by atoms with Crippen LogP contribution in [0.3, 0.4) is 0 Å². The van der Waals surface area contributed by atoms with E-state index in [1.165, 1.54) is 31.5 Å². The van der Waals surface area contributed by atoms with Crippen molar-refractivity contribution in [2.24, 2.45) is 0 Å². The van der Waals surface area contributed by atoms with Crippen molar-refractivity contribution in [2.75, 3.05) is 25.6 Å². The number of halogens is 2. The lowest BCUT2D eigenvalue weighted by atomic mass is 9.93. The molecule has 10 heteroatoms. The SMILES string of the molecule is COc1cc(NC(C(=O)c2c[nH]c3c(Cl)c(CO)ccc23)c2ccc(F)cc2CO)cc(OCCO)c1. The number of H-pyrrole nitrogens is 1. The van der Waals surface area contributed by atoms with Crippen LogP contribution in [0.2, 0.25) is 5.02 Å². The van der Waals surface area contributed by atoms with Crippen molar-refractivity contribution in [3.8, 4) is 11.5 Å². The average Bonchev–Trinajstić information content (AvgIpc) is 3.35. The number of aromatic amines is 1. The zero-order chi connectivity index (χ0) is 26.5. The second-order valence-corrected chi connectivity index (χ2v) is 8.61. The van der Waals surface area contributed by atoms with Crippen LogP contribution in [0, 0.1) is 5.82 Å². The molecule has 1 atom stereocenters. The molecule has 0 amide bonds. The summed E-state index contributed by atoms with van der Waals surface area (Å²) in [5.74, 6) is -0.0727. The molecular formula is C27H26ClFN2O6. The third-order valence-electron chi connectivity index (χ3n) is 5.94. The predicted molar refractivity (Wildman–Crippen MR) is 138 cm³/mol. The molecule has 37 heavy (non-hydrogen) atoms. The number of rotatable bonds is 11. The van der Waals surface area contributed by atoms with Gasteiger partial charge in [0, 0.05) is 41.0 Å². The van der Waals surface area contributed by atoms with Crippen molar-refractivity contribution in [1.82, 2.24) is 4.98 Å². The van der Waals surface area contributed by atoms with Gasteiger partial charge in [-0.3, -0.25) is 4.79 Å². The van der Waals surface area contributed by atoms with Crippen LogP contribution in [0.5, 0.6) is 11.5 Å². The Labute approximate surface area is 217 Å². The molecule has 0 bridgehead atoms. The van der Waals surface area contributed by atoms with Crippen LogP contribution < -0.4 is 14.8 Å². The number of methoxy groups -OCH3 is 1. The molecule has 0 spiro atoms. The molecule has 1 heterocycles. The number of fused-ring (bicyclic) bond motifs is 1. The Hall–Kier alpha value is -3.63. The molecule has 3 aromatic carbocycles. The molecule has 0 aliphatic rings. The molecule has 0 saturated heterocycles. The number of carbonyl (C=O) groups is 1. The number of nitrogens with one attached hydrogen (secondary N) is 2. The summed E-state index contributed by atoms with van der Waals surface area (Å²) < 4.78 is 24.9. The van der Waals surface area contributed by atoms with E-state index in [4.69, 9.17) is 26.2 Å². The second kappa shape index (κ2) is 11.6. The van der Waals surface area contributed by atoms with Crippen molar-refractivity contribution < 1.29 is 34.0 Å². The summed E-state index contributed by atoms with van der Waals surface area (Å²) in [6.45, 7) is -0.862. The molecule has 0 fully saturated rings. The summed E-state index contributed by atoms with van der Waals surface area (Å²) in [5.41, 5.74) is 2.40. The van der Waals surface area contributed by atoms with E-state index in [2.05, 4.69) is 10.3 Å². The van der Waals surface area contributed by atoms with Crippen LogP contribution in [0.4, 0.5) is 10.1 Å². The van der Waals surface area contributed by atoms with Gasteiger partial charge in [-0.15, -0.1) is 0 Å². The molecule has 1 aromatic heterocycles. The lowest BCUT2D eigenvalue weighted by molar-refractivity contribution is 0.0970. The summed E-state index contributed by atoms with van der Waals surface area (Å²) in [5, 5.41) is 32.6. The Morgan fingerprint density at radius 3 is 2.51 bits per heavy atom. The van der Waals surface area contributed by atoms with Gasteiger partial charge in [0.2, 0.25) is 0 Å². The van der Waals surface area contributed by atoms with E-state index in [9.17, 15) is 19.4 Å². The molecule has 194 valence electrons. The third kappa shape index (κ3) is 5.55. The number of aliphatic hydroxyl groups is 3. The minimum atomic E-state index is -1.05. The first kappa shape index (κ1) is 26.4.